The molecule has 0 bridgehead atoms. The predicted octanol–water partition coefficient (Wildman–Crippen LogP) is 15.3. The van der Waals surface area contributed by atoms with Crippen molar-refractivity contribution in [1.82, 2.24) is 4.57 Å². The summed E-state index contributed by atoms with van der Waals surface area (Å²) in [5, 5.41) is 7.20. The lowest BCUT2D eigenvalue weighted by Gasteiger charge is -2.28. The molecule has 2 aromatic heterocycles. The van der Waals surface area contributed by atoms with E-state index in [4.69, 9.17) is 4.42 Å². The normalized spacial score (nSPS) is 13.1. The lowest BCUT2D eigenvalue weighted by atomic mass is 9.82. The quantitative estimate of drug-likeness (QED) is 0.175. The molecule has 0 spiro atoms. The van der Waals surface area contributed by atoms with Gasteiger partial charge in [-0.2, -0.15) is 0 Å². The highest BCUT2D eigenvalue weighted by molar-refractivity contribution is 6.23. The van der Waals surface area contributed by atoms with Gasteiger partial charge in [0.15, 0.2) is 0 Å². The van der Waals surface area contributed by atoms with Crippen LogP contribution in [0.4, 0.5) is 17.1 Å². The number of para-hydroxylation sites is 3. The van der Waals surface area contributed by atoms with E-state index in [2.05, 4.69) is 211 Å². The molecule has 0 saturated heterocycles. The molecular weight excluding hydrogens is 705 g/mol. The summed E-state index contributed by atoms with van der Waals surface area (Å²) in [5.74, 6) is 0. The van der Waals surface area contributed by atoms with Gasteiger partial charge in [0.2, 0.25) is 0 Å². The minimum Gasteiger partial charge on any atom is -0.456 e. The number of anilines is 3. The highest BCUT2D eigenvalue weighted by Crippen LogP contribution is 2.51. The van der Waals surface area contributed by atoms with Crippen molar-refractivity contribution in [2.75, 3.05) is 4.90 Å². The Morgan fingerprint density at radius 3 is 1.98 bits per heavy atom. The monoisotopic (exact) mass is 742 g/mol. The number of furan rings is 1. The molecule has 0 unspecified atom stereocenters. The van der Waals surface area contributed by atoms with Crippen LogP contribution in [0.15, 0.2) is 199 Å². The summed E-state index contributed by atoms with van der Waals surface area (Å²) >= 11 is 0. The number of nitrogens with zero attached hydrogens (tertiary/aromatic N) is 2. The van der Waals surface area contributed by atoms with E-state index in [-0.39, 0.29) is 5.41 Å². The highest BCUT2D eigenvalue weighted by Gasteiger charge is 2.35. The van der Waals surface area contributed by atoms with Gasteiger partial charge in [-0.3, -0.25) is 0 Å². The van der Waals surface area contributed by atoms with Crippen molar-refractivity contribution in [3.8, 4) is 27.9 Å². The second kappa shape index (κ2) is 12.3. The van der Waals surface area contributed by atoms with Crippen molar-refractivity contribution in [2.24, 2.45) is 0 Å². The summed E-state index contributed by atoms with van der Waals surface area (Å²) in [6.45, 7) is 4.71. The highest BCUT2D eigenvalue weighted by atomic mass is 16.3. The molecule has 11 aromatic rings. The Hall–Kier alpha value is -7.36. The zero-order valence-electron chi connectivity index (χ0n) is 32.3. The molecule has 0 amide bonds. The van der Waals surface area contributed by atoms with Gasteiger partial charge in [-0.1, -0.05) is 141 Å². The molecule has 9 aromatic carbocycles. The van der Waals surface area contributed by atoms with Crippen LogP contribution < -0.4 is 4.90 Å². The van der Waals surface area contributed by atoms with Gasteiger partial charge in [-0.15, -0.1) is 0 Å². The number of rotatable bonds is 5. The van der Waals surface area contributed by atoms with Crippen LogP contribution >= 0.6 is 0 Å². The van der Waals surface area contributed by atoms with Crippen LogP contribution in [-0.4, -0.2) is 4.57 Å². The SMILES string of the molecule is CC1(C)c2ccccc2-c2ccc(N(c3ccc(-c4cccc5ccc6oc7ccccc7c6c45)cc3)c3ccc4c5ccccc5n(-c5ccccc5)c4c3)cc21. The standard InChI is InChI=1S/C55H38N2O/c1-55(2)47-20-9-6-16-42(47)43-30-28-39(33-48(43)55)56(40-29-31-45-44-17-7-10-21-49(44)57(50(45)34-40)37-14-4-3-5-15-37)38-26-23-35(24-27-38)41-19-12-13-36-25-32-52-54(53(36)41)46-18-8-11-22-51(46)58-52/h3-34H,1-2H3. The molecule has 0 fully saturated rings. The molecule has 3 heteroatoms. The van der Waals surface area contributed by atoms with Gasteiger partial charge in [0.05, 0.1) is 11.0 Å². The topological polar surface area (TPSA) is 21.3 Å². The van der Waals surface area contributed by atoms with Crippen molar-refractivity contribution in [2.45, 2.75) is 19.3 Å². The molecule has 0 saturated carbocycles. The van der Waals surface area contributed by atoms with Crippen molar-refractivity contribution >= 4 is 71.6 Å². The van der Waals surface area contributed by atoms with Gasteiger partial charge in [0.1, 0.15) is 11.2 Å². The Morgan fingerprint density at radius 1 is 0.431 bits per heavy atom. The van der Waals surface area contributed by atoms with Gasteiger partial charge in [-0.25, -0.2) is 0 Å². The Morgan fingerprint density at radius 2 is 1.10 bits per heavy atom. The Balaban J connectivity index is 1.06. The Labute approximate surface area is 336 Å². The van der Waals surface area contributed by atoms with Crippen LogP contribution in [0.2, 0.25) is 0 Å². The zero-order valence-corrected chi connectivity index (χ0v) is 32.3. The fraction of sp³-hybridized carbons (Fsp3) is 0.0545. The van der Waals surface area contributed by atoms with Crippen LogP contribution in [0.3, 0.4) is 0 Å². The minimum atomic E-state index is -0.127. The summed E-state index contributed by atoms with van der Waals surface area (Å²) in [6.07, 6.45) is 0. The molecule has 0 aliphatic heterocycles. The Kier molecular flexibility index (Phi) is 6.98. The molecule has 3 nitrogen and oxygen atoms in total. The number of fused-ring (bicyclic) bond motifs is 11. The van der Waals surface area contributed by atoms with E-state index in [9.17, 15) is 0 Å². The van der Waals surface area contributed by atoms with Crippen LogP contribution in [0, 0.1) is 0 Å². The first-order valence-corrected chi connectivity index (χ1v) is 20.1. The maximum absolute atomic E-state index is 6.34. The third kappa shape index (κ3) is 4.74. The van der Waals surface area contributed by atoms with Gasteiger partial charge < -0.3 is 13.9 Å². The molecule has 0 atom stereocenters. The number of benzene rings is 9. The molecule has 1 aliphatic rings. The van der Waals surface area contributed by atoms with E-state index in [1.54, 1.807) is 0 Å². The smallest absolute Gasteiger partial charge is 0.136 e. The second-order valence-corrected chi connectivity index (χ2v) is 16.1. The van der Waals surface area contributed by atoms with Crippen molar-refractivity contribution in [3.63, 3.8) is 0 Å². The van der Waals surface area contributed by atoms with Gasteiger partial charge in [0, 0.05) is 55.1 Å². The molecular formula is C55H38N2O. The van der Waals surface area contributed by atoms with Crippen molar-refractivity contribution in [3.05, 3.63) is 205 Å². The molecule has 58 heavy (non-hydrogen) atoms. The second-order valence-electron chi connectivity index (χ2n) is 16.1. The van der Waals surface area contributed by atoms with Gasteiger partial charge in [-0.05, 0) is 105 Å². The summed E-state index contributed by atoms with van der Waals surface area (Å²) in [7, 11) is 0. The van der Waals surface area contributed by atoms with E-state index in [0.29, 0.717) is 0 Å². The molecule has 2 heterocycles. The van der Waals surface area contributed by atoms with E-state index < -0.39 is 0 Å². The van der Waals surface area contributed by atoms with E-state index >= 15 is 0 Å². The lowest BCUT2D eigenvalue weighted by molar-refractivity contribution is 0.660. The number of aromatic nitrogens is 1. The maximum Gasteiger partial charge on any atom is 0.136 e. The number of hydrogen-bond acceptors (Lipinski definition) is 2. The van der Waals surface area contributed by atoms with Crippen molar-refractivity contribution in [1.29, 1.82) is 0 Å². The van der Waals surface area contributed by atoms with E-state index in [1.807, 2.05) is 6.07 Å². The molecule has 274 valence electrons. The van der Waals surface area contributed by atoms with E-state index in [1.165, 1.54) is 65.8 Å². The average Bonchev–Trinajstić information content (AvgIpc) is 3.89. The fourth-order valence-electron chi connectivity index (χ4n) is 9.86. The summed E-state index contributed by atoms with van der Waals surface area (Å²) in [5.41, 5.74) is 16.3. The first-order valence-electron chi connectivity index (χ1n) is 20.1. The van der Waals surface area contributed by atoms with Crippen LogP contribution in [0.1, 0.15) is 25.0 Å². The van der Waals surface area contributed by atoms with E-state index in [0.717, 1.165) is 44.9 Å². The van der Waals surface area contributed by atoms with Crippen molar-refractivity contribution < 1.29 is 4.42 Å². The summed E-state index contributed by atoms with van der Waals surface area (Å²) in [6, 6.07) is 70.7. The lowest BCUT2D eigenvalue weighted by Crippen LogP contribution is -2.16. The molecule has 12 rings (SSSR count). The van der Waals surface area contributed by atoms with Crippen LogP contribution in [0.25, 0.3) is 82.5 Å². The first-order chi connectivity index (χ1) is 28.5. The third-order valence-electron chi connectivity index (χ3n) is 12.6. The maximum atomic E-state index is 6.34. The van der Waals surface area contributed by atoms with Gasteiger partial charge in [0.25, 0.3) is 0 Å². The third-order valence-corrected chi connectivity index (χ3v) is 12.6. The molecule has 0 radical (unpaired) electrons. The Bertz CT molecular complexity index is 3420. The molecule has 1 aliphatic carbocycles. The largest absolute Gasteiger partial charge is 0.456 e. The molecule has 0 N–H and O–H groups in total. The van der Waals surface area contributed by atoms with Crippen LogP contribution in [0.5, 0.6) is 0 Å². The fourth-order valence-corrected chi connectivity index (χ4v) is 9.86. The summed E-state index contributed by atoms with van der Waals surface area (Å²) < 4.78 is 8.75. The zero-order chi connectivity index (χ0) is 38.5. The van der Waals surface area contributed by atoms with Crippen LogP contribution in [-0.2, 0) is 5.41 Å². The number of hydrogen-bond donors (Lipinski definition) is 0. The van der Waals surface area contributed by atoms with Gasteiger partial charge >= 0.3 is 0 Å². The average molecular weight is 743 g/mol. The minimum absolute atomic E-state index is 0.127. The predicted molar refractivity (Wildman–Crippen MR) is 243 cm³/mol. The summed E-state index contributed by atoms with van der Waals surface area (Å²) in [4.78, 5) is 2.43. The first kappa shape index (κ1) is 32.8.